The maximum Gasteiger partial charge on any atom is 0.263 e. The summed E-state index contributed by atoms with van der Waals surface area (Å²) in [5, 5.41) is 15.8. The number of benzene rings is 1. The van der Waals surface area contributed by atoms with Crippen molar-refractivity contribution in [1.29, 1.82) is 5.26 Å². The van der Waals surface area contributed by atoms with Crippen LogP contribution in [-0.2, 0) is 4.79 Å². The zero-order valence-corrected chi connectivity index (χ0v) is 12.8. The summed E-state index contributed by atoms with van der Waals surface area (Å²) >= 11 is 11.8. The lowest BCUT2D eigenvalue weighted by Gasteiger charge is -2.11. The van der Waals surface area contributed by atoms with Gasteiger partial charge in [-0.15, -0.1) is 0 Å². The molecule has 0 aliphatic heterocycles. The number of hydrogen-bond donors (Lipinski definition) is 2. The Bertz CT molecular complexity index is 581. The van der Waals surface area contributed by atoms with Crippen molar-refractivity contribution < 1.29 is 4.79 Å². The predicted octanol–water partition coefficient (Wildman–Crippen LogP) is 3.87. The van der Waals surface area contributed by atoms with E-state index in [4.69, 9.17) is 28.5 Å². The van der Waals surface area contributed by atoms with Crippen LogP contribution in [0.1, 0.15) is 25.7 Å². The molecule has 2 rings (SSSR count). The third-order valence-electron chi connectivity index (χ3n) is 3.30. The lowest BCUT2D eigenvalue weighted by atomic mass is 10.2. The highest BCUT2D eigenvalue weighted by Crippen LogP contribution is 2.22. The standard InChI is InChI=1S/C15H15Cl2N3O/c16-11-5-12(17)7-14(6-11)19-9-10(8-18)15(21)20-13-3-1-2-4-13/h5-7,9,13,19H,1-4H2,(H,20,21)/b10-9-. The smallest absolute Gasteiger partial charge is 0.263 e. The van der Waals surface area contributed by atoms with Crippen LogP contribution in [-0.4, -0.2) is 11.9 Å². The van der Waals surface area contributed by atoms with Crippen LogP contribution in [0.3, 0.4) is 0 Å². The highest BCUT2D eigenvalue weighted by Gasteiger charge is 2.19. The zero-order valence-electron chi connectivity index (χ0n) is 11.3. The molecule has 1 aliphatic rings. The number of hydrogen-bond acceptors (Lipinski definition) is 3. The van der Waals surface area contributed by atoms with Gasteiger partial charge in [0.05, 0.1) is 0 Å². The van der Waals surface area contributed by atoms with Crippen molar-refractivity contribution in [3.05, 3.63) is 40.0 Å². The fourth-order valence-corrected chi connectivity index (χ4v) is 2.80. The Morgan fingerprint density at radius 2 is 1.86 bits per heavy atom. The molecule has 6 heteroatoms. The molecule has 1 aliphatic carbocycles. The number of nitrogens with one attached hydrogen (secondary N) is 2. The molecule has 0 spiro atoms. The van der Waals surface area contributed by atoms with Crippen LogP contribution in [0.25, 0.3) is 0 Å². The first kappa shape index (κ1) is 15.7. The van der Waals surface area contributed by atoms with E-state index in [2.05, 4.69) is 10.6 Å². The number of nitrogens with zero attached hydrogens (tertiary/aromatic N) is 1. The Labute approximate surface area is 133 Å². The Morgan fingerprint density at radius 3 is 2.43 bits per heavy atom. The van der Waals surface area contributed by atoms with Crippen molar-refractivity contribution in [3.63, 3.8) is 0 Å². The number of rotatable bonds is 4. The molecule has 0 bridgehead atoms. The minimum atomic E-state index is -0.356. The van der Waals surface area contributed by atoms with Crippen molar-refractivity contribution in [2.24, 2.45) is 0 Å². The monoisotopic (exact) mass is 323 g/mol. The molecular weight excluding hydrogens is 309 g/mol. The van der Waals surface area contributed by atoms with Crippen molar-refractivity contribution in [2.45, 2.75) is 31.7 Å². The van der Waals surface area contributed by atoms with Crippen LogP contribution in [0.15, 0.2) is 30.0 Å². The van der Waals surface area contributed by atoms with Crippen LogP contribution in [0, 0.1) is 11.3 Å². The lowest BCUT2D eigenvalue weighted by Crippen LogP contribution is -2.33. The molecule has 1 saturated carbocycles. The molecule has 21 heavy (non-hydrogen) atoms. The molecule has 2 N–H and O–H groups in total. The summed E-state index contributed by atoms with van der Waals surface area (Å²) in [4.78, 5) is 12.0. The number of carbonyl (C=O) groups is 1. The average Bonchev–Trinajstić information content (AvgIpc) is 2.91. The lowest BCUT2D eigenvalue weighted by molar-refractivity contribution is -0.117. The molecule has 0 radical (unpaired) electrons. The first-order valence-corrected chi connectivity index (χ1v) is 7.48. The molecule has 0 aromatic heterocycles. The maximum absolute atomic E-state index is 12.0. The first-order chi connectivity index (χ1) is 10.1. The molecule has 1 aromatic rings. The SMILES string of the molecule is N#C/C(=C/Nc1cc(Cl)cc(Cl)c1)C(=O)NC1CCCC1. The van der Waals surface area contributed by atoms with Gasteiger partial charge in [-0.2, -0.15) is 5.26 Å². The van der Waals surface area contributed by atoms with Gasteiger partial charge in [0.1, 0.15) is 11.6 Å². The van der Waals surface area contributed by atoms with E-state index in [-0.39, 0.29) is 17.5 Å². The molecule has 1 aromatic carbocycles. The molecule has 0 saturated heterocycles. The van der Waals surface area contributed by atoms with E-state index in [0.29, 0.717) is 15.7 Å². The molecule has 0 unspecified atom stereocenters. The zero-order chi connectivity index (χ0) is 15.2. The van der Waals surface area contributed by atoms with Gasteiger partial charge in [-0.1, -0.05) is 36.0 Å². The molecule has 0 atom stereocenters. The van der Waals surface area contributed by atoms with Crippen LogP contribution >= 0.6 is 23.2 Å². The van der Waals surface area contributed by atoms with E-state index in [1.807, 2.05) is 6.07 Å². The van der Waals surface area contributed by atoms with Crippen molar-refractivity contribution in [3.8, 4) is 6.07 Å². The molecule has 1 fully saturated rings. The van der Waals surface area contributed by atoms with Gasteiger partial charge < -0.3 is 10.6 Å². The second kappa shape index (κ2) is 7.35. The first-order valence-electron chi connectivity index (χ1n) is 6.72. The van der Waals surface area contributed by atoms with Gasteiger partial charge in [-0.3, -0.25) is 4.79 Å². The molecule has 110 valence electrons. The van der Waals surface area contributed by atoms with Gasteiger partial charge in [-0.05, 0) is 31.0 Å². The van der Waals surface area contributed by atoms with E-state index in [9.17, 15) is 4.79 Å². The molecule has 1 amide bonds. The second-order valence-electron chi connectivity index (χ2n) is 4.93. The van der Waals surface area contributed by atoms with Crippen molar-refractivity contribution in [1.82, 2.24) is 5.32 Å². The number of anilines is 1. The quantitative estimate of drug-likeness (QED) is 0.653. The summed E-state index contributed by atoms with van der Waals surface area (Å²) in [6, 6.07) is 7.00. The van der Waals surface area contributed by atoms with E-state index in [1.54, 1.807) is 18.2 Å². The van der Waals surface area contributed by atoms with Gasteiger partial charge in [0.2, 0.25) is 0 Å². The number of halogens is 2. The minimum Gasteiger partial charge on any atom is -0.360 e. The van der Waals surface area contributed by atoms with Crippen LogP contribution in [0.4, 0.5) is 5.69 Å². The number of nitriles is 1. The van der Waals surface area contributed by atoms with Crippen molar-refractivity contribution >= 4 is 34.8 Å². The largest absolute Gasteiger partial charge is 0.360 e. The van der Waals surface area contributed by atoms with Crippen LogP contribution < -0.4 is 10.6 Å². The summed E-state index contributed by atoms with van der Waals surface area (Å²) in [5.74, 6) is -0.356. The highest BCUT2D eigenvalue weighted by atomic mass is 35.5. The molecular formula is C15H15Cl2N3O. The molecule has 4 nitrogen and oxygen atoms in total. The number of amides is 1. The summed E-state index contributed by atoms with van der Waals surface area (Å²) < 4.78 is 0. The highest BCUT2D eigenvalue weighted by molar-refractivity contribution is 6.35. The summed E-state index contributed by atoms with van der Waals surface area (Å²) in [6.45, 7) is 0. The Morgan fingerprint density at radius 1 is 1.24 bits per heavy atom. The number of carbonyl (C=O) groups excluding carboxylic acids is 1. The predicted molar refractivity (Wildman–Crippen MR) is 84.2 cm³/mol. The van der Waals surface area contributed by atoms with E-state index < -0.39 is 0 Å². The molecule has 0 heterocycles. The fourth-order valence-electron chi connectivity index (χ4n) is 2.27. The van der Waals surface area contributed by atoms with Gasteiger partial charge in [0.15, 0.2) is 0 Å². The Kier molecular flexibility index (Phi) is 5.49. The summed E-state index contributed by atoms with van der Waals surface area (Å²) in [5.41, 5.74) is 0.645. The van der Waals surface area contributed by atoms with E-state index >= 15 is 0 Å². The maximum atomic E-state index is 12.0. The van der Waals surface area contributed by atoms with Gasteiger partial charge in [0, 0.05) is 28.0 Å². The third-order valence-corrected chi connectivity index (χ3v) is 3.74. The topological polar surface area (TPSA) is 64.9 Å². The van der Waals surface area contributed by atoms with Crippen LogP contribution in [0.2, 0.25) is 10.0 Å². The average molecular weight is 324 g/mol. The van der Waals surface area contributed by atoms with Crippen LogP contribution in [0.5, 0.6) is 0 Å². The normalized spacial score (nSPS) is 15.6. The van der Waals surface area contributed by atoms with E-state index in [1.165, 1.54) is 6.20 Å². The fraction of sp³-hybridized carbons (Fsp3) is 0.333. The van der Waals surface area contributed by atoms with Crippen molar-refractivity contribution in [2.75, 3.05) is 5.32 Å². The van der Waals surface area contributed by atoms with Gasteiger partial charge in [-0.25, -0.2) is 0 Å². The summed E-state index contributed by atoms with van der Waals surface area (Å²) in [7, 11) is 0. The van der Waals surface area contributed by atoms with Gasteiger partial charge >= 0.3 is 0 Å². The summed E-state index contributed by atoms with van der Waals surface area (Å²) in [6.07, 6.45) is 5.56. The Balaban J connectivity index is 2.02. The minimum absolute atomic E-state index is 0.0259. The Hall–Kier alpha value is -1.70. The second-order valence-corrected chi connectivity index (χ2v) is 5.80. The van der Waals surface area contributed by atoms with E-state index in [0.717, 1.165) is 25.7 Å². The third kappa shape index (κ3) is 4.66. The van der Waals surface area contributed by atoms with Gasteiger partial charge in [0.25, 0.3) is 5.91 Å².